The van der Waals surface area contributed by atoms with Gasteiger partial charge < -0.3 is 15.0 Å². The number of anilines is 1. The third-order valence-electron chi connectivity index (χ3n) is 5.46. The predicted octanol–water partition coefficient (Wildman–Crippen LogP) is 2.98. The Labute approximate surface area is 147 Å². The van der Waals surface area contributed by atoms with E-state index in [9.17, 15) is 4.79 Å². The van der Waals surface area contributed by atoms with Gasteiger partial charge >= 0.3 is 6.03 Å². The van der Waals surface area contributed by atoms with Crippen molar-refractivity contribution in [1.82, 2.24) is 9.80 Å². The van der Waals surface area contributed by atoms with Crippen molar-refractivity contribution < 1.29 is 9.53 Å². The quantitative estimate of drug-likeness (QED) is 0.892. The Kier molecular flexibility index (Phi) is 4.41. The number of halogens is 1. The molecule has 0 unspecified atom stereocenters. The fourth-order valence-electron chi connectivity index (χ4n) is 3.92. The molecule has 6 heteroatoms. The molecule has 130 valence electrons. The van der Waals surface area contributed by atoms with Crippen LogP contribution in [0.1, 0.15) is 18.4 Å². The third-order valence-corrected chi connectivity index (χ3v) is 5.78. The smallest absolute Gasteiger partial charge is 0.321 e. The number of hydrogen-bond donors (Lipinski definition) is 1. The Morgan fingerprint density at radius 3 is 2.88 bits per heavy atom. The molecule has 3 aliphatic rings. The number of nitrogens with one attached hydrogen (secondary N) is 1. The number of fused-ring (bicyclic) bond motifs is 1. The molecule has 2 saturated heterocycles. The minimum atomic E-state index is -0.0700. The van der Waals surface area contributed by atoms with Crippen LogP contribution < -0.4 is 5.32 Å². The number of piperazine rings is 1. The number of para-hydroxylation sites is 1. The van der Waals surface area contributed by atoms with Crippen LogP contribution in [0.3, 0.4) is 0 Å². The molecule has 3 fully saturated rings. The van der Waals surface area contributed by atoms with Crippen molar-refractivity contribution >= 4 is 23.3 Å². The van der Waals surface area contributed by atoms with Gasteiger partial charge in [-0.2, -0.15) is 0 Å². The van der Waals surface area contributed by atoms with E-state index in [1.807, 2.05) is 24.0 Å². The van der Waals surface area contributed by atoms with Gasteiger partial charge in [0.15, 0.2) is 0 Å². The lowest BCUT2D eigenvalue weighted by molar-refractivity contribution is -0.0796. The lowest BCUT2D eigenvalue weighted by atomic mass is 10.0. The van der Waals surface area contributed by atoms with Gasteiger partial charge in [-0.3, -0.25) is 4.90 Å². The molecule has 0 aromatic heterocycles. The Morgan fingerprint density at radius 1 is 1.29 bits per heavy atom. The molecule has 1 aromatic carbocycles. The Balaban J connectivity index is 1.41. The van der Waals surface area contributed by atoms with Crippen LogP contribution in [0.2, 0.25) is 5.02 Å². The number of aryl methyl sites for hydroxylation is 1. The van der Waals surface area contributed by atoms with E-state index >= 15 is 0 Å². The van der Waals surface area contributed by atoms with E-state index in [2.05, 4.69) is 10.2 Å². The fraction of sp³-hybridized carbons (Fsp3) is 0.611. The molecule has 0 radical (unpaired) electrons. The number of rotatable bonds is 2. The molecule has 24 heavy (non-hydrogen) atoms. The SMILES string of the molecule is Cc1cccc(Cl)c1NC(=O)N1CCN2[C@@H](COC[C@@H]2C2CC2)C1. The molecular formula is C18H24ClN3O2. The van der Waals surface area contributed by atoms with Crippen molar-refractivity contribution in [3.05, 3.63) is 28.8 Å². The first-order valence-electron chi connectivity index (χ1n) is 8.78. The summed E-state index contributed by atoms with van der Waals surface area (Å²) in [5.74, 6) is 0.805. The van der Waals surface area contributed by atoms with E-state index < -0.39 is 0 Å². The summed E-state index contributed by atoms with van der Waals surface area (Å²) in [7, 11) is 0. The summed E-state index contributed by atoms with van der Waals surface area (Å²) in [6.07, 6.45) is 2.65. The first-order chi connectivity index (χ1) is 11.6. The topological polar surface area (TPSA) is 44.8 Å². The lowest BCUT2D eigenvalue weighted by Crippen LogP contribution is -2.63. The number of carbonyl (C=O) groups is 1. The minimum absolute atomic E-state index is 0.0700. The van der Waals surface area contributed by atoms with E-state index in [0.29, 0.717) is 22.8 Å². The number of urea groups is 1. The molecule has 4 rings (SSSR count). The molecule has 1 saturated carbocycles. The number of morpholine rings is 1. The van der Waals surface area contributed by atoms with Crippen LogP contribution in [0.15, 0.2) is 18.2 Å². The average Bonchev–Trinajstić information content (AvgIpc) is 3.42. The van der Waals surface area contributed by atoms with Crippen LogP contribution in [0, 0.1) is 12.8 Å². The van der Waals surface area contributed by atoms with Crippen LogP contribution in [0.4, 0.5) is 10.5 Å². The maximum absolute atomic E-state index is 12.7. The molecule has 5 nitrogen and oxygen atoms in total. The summed E-state index contributed by atoms with van der Waals surface area (Å²) in [5.41, 5.74) is 1.69. The minimum Gasteiger partial charge on any atom is -0.378 e. The summed E-state index contributed by atoms with van der Waals surface area (Å²) < 4.78 is 5.82. The molecule has 0 spiro atoms. The van der Waals surface area contributed by atoms with E-state index in [1.54, 1.807) is 6.07 Å². The summed E-state index contributed by atoms with van der Waals surface area (Å²) in [4.78, 5) is 17.1. The second kappa shape index (κ2) is 6.54. The molecule has 2 aliphatic heterocycles. The highest BCUT2D eigenvalue weighted by molar-refractivity contribution is 6.33. The third kappa shape index (κ3) is 3.13. The van der Waals surface area contributed by atoms with Gasteiger partial charge in [-0.15, -0.1) is 0 Å². The molecule has 1 N–H and O–H groups in total. The van der Waals surface area contributed by atoms with Gasteiger partial charge in [0.2, 0.25) is 0 Å². The van der Waals surface area contributed by atoms with Crippen LogP contribution in [0.25, 0.3) is 0 Å². The van der Waals surface area contributed by atoms with Gasteiger partial charge in [0, 0.05) is 25.7 Å². The Hall–Kier alpha value is -1.30. The number of benzene rings is 1. The summed E-state index contributed by atoms with van der Waals surface area (Å²) >= 11 is 6.22. The first-order valence-corrected chi connectivity index (χ1v) is 9.16. The predicted molar refractivity (Wildman–Crippen MR) is 94.6 cm³/mol. The highest BCUT2D eigenvalue weighted by Gasteiger charge is 2.43. The number of hydrogen-bond acceptors (Lipinski definition) is 3. The molecule has 2 atom stereocenters. The van der Waals surface area contributed by atoms with Crippen LogP contribution in [-0.4, -0.2) is 60.8 Å². The van der Waals surface area contributed by atoms with Crippen molar-refractivity contribution in [2.75, 3.05) is 38.2 Å². The highest BCUT2D eigenvalue weighted by Crippen LogP contribution is 2.38. The van der Waals surface area contributed by atoms with E-state index in [1.165, 1.54) is 12.8 Å². The van der Waals surface area contributed by atoms with Crippen molar-refractivity contribution in [3.63, 3.8) is 0 Å². The Morgan fingerprint density at radius 2 is 2.12 bits per heavy atom. The van der Waals surface area contributed by atoms with Gasteiger partial charge in [-0.25, -0.2) is 4.79 Å². The molecule has 1 aromatic rings. The summed E-state index contributed by atoms with van der Waals surface area (Å²) in [6, 6.07) is 6.45. The van der Waals surface area contributed by atoms with E-state index in [4.69, 9.17) is 16.3 Å². The normalized spacial score (nSPS) is 27.7. The van der Waals surface area contributed by atoms with Gasteiger partial charge in [0.1, 0.15) is 0 Å². The van der Waals surface area contributed by atoms with Crippen molar-refractivity contribution in [2.45, 2.75) is 31.8 Å². The molecule has 2 heterocycles. The lowest BCUT2D eigenvalue weighted by Gasteiger charge is -2.48. The van der Waals surface area contributed by atoms with Gasteiger partial charge in [-0.05, 0) is 37.3 Å². The number of ether oxygens (including phenoxy) is 1. The zero-order valence-electron chi connectivity index (χ0n) is 14.0. The largest absolute Gasteiger partial charge is 0.378 e. The number of carbonyl (C=O) groups excluding carboxylic acids is 1. The first kappa shape index (κ1) is 16.2. The standard InChI is InChI=1S/C18H24ClN3O2/c1-12-3-2-4-15(19)17(12)20-18(23)21-7-8-22-14(9-21)10-24-11-16(22)13-5-6-13/h2-4,13-14,16H,5-11H2,1H3,(H,20,23)/t14-,16-/m1/s1. The van der Waals surface area contributed by atoms with E-state index in [-0.39, 0.29) is 6.03 Å². The molecule has 1 aliphatic carbocycles. The van der Waals surface area contributed by atoms with Gasteiger partial charge in [0.25, 0.3) is 0 Å². The van der Waals surface area contributed by atoms with Crippen LogP contribution in [0.5, 0.6) is 0 Å². The maximum atomic E-state index is 12.7. The monoisotopic (exact) mass is 349 g/mol. The Bertz CT molecular complexity index is 614. The van der Waals surface area contributed by atoms with Crippen molar-refractivity contribution in [2.24, 2.45) is 5.92 Å². The van der Waals surface area contributed by atoms with Gasteiger partial charge in [0.05, 0.1) is 30.0 Å². The van der Waals surface area contributed by atoms with Gasteiger partial charge in [-0.1, -0.05) is 23.7 Å². The maximum Gasteiger partial charge on any atom is 0.321 e. The summed E-state index contributed by atoms with van der Waals surface area (Å²) in [5, 5.41) is 3.57. The second-order valence-corrected chi connectivity index (χ2v) is 7.55. The second-order valence-electron chi connectivity index (χ2n) is 7.14. The number of nitrogens with zero attached hydrogens (tertiary/aromatic N) is 2. The van der Waals surface area contributed by atoms with E-state index in [0.717, 1.165) is 44.3 Å². The van der Waals surface area contributed by atoms with Crippen LogP contribution >= 0.6 is 11.6 Å². The zero-order valence-corrected chi connectivity index (χ0v) is 14.8. The van der Waals surface area contributed by atoms with Crippen molar-refractivity contribution in [1.29, 1.82) is 0 Å². The summed E-state index contributed by atoms with van der Waals surface area (Å²) in [6.45, 7) is 5.94. The molecular weight excluding hydrogens is 326 g/mol. The molecule has 0 bridgehead atoms. The fourth-order valence-corrected chi connectivity index (χ4v) is 4.19. The molecule has 2 amide bonds. The van der Waals surface area contributed by atoms with Crippen LogP contribution in [-0.2, 0) is 4.74 Å². The van der Waals surface area contributed by atoms with Crippen molar-refractivity contribution in [3.8, 4) is 0 Å². The zero-order chi connectivity index (χ0) is 16.7. The average molecular weight is 350 g/mol. The highest BCUT2D eigenvalue weighted by atomic mass is 35.5. The number of amides is 2.